The van der Waals surface area contributed by atoms with Crippen molar-refractivity contribution in [2.45, 2.75) is 38.5 Å². The van der Waals surface area contributed by atoms with E-state index in [-0.39, 0.29) is 16.5 Å². The number of hydrogen-bond acceptors (Lipinski definition) is 10. The molecule has 29 heavy (non-hydrogen) atoms. The Labute approximate surface area is 168 Å². The average molecular weight is 429 g/mol. The van der Waals surface area contributed by atoms with Crippen LogP contribution in [-0.4, -0.2) is 74.0 Å². The summed E-state index contributed by atoms with van der Waals surface area (Å²) < 4.78 is 0. The van der Waals surface area contributed by atoms with E-state index in [0.29, 0.717) is 0 Å². The number of β-lactam (4-membered cyclic amide) rings is 1. The van der Waals surface area contributed by atoms with Crippen LogP contribution in [0, 0.1) is 0 Å². The molecule has 0 aliphatic carbocycles. The van der Waals surface area contributed by atoms with Crippen molar-refractivity contribution in [1.82, 2.24) is 15.4 Å². The molecule has 1 aliphatic heterocycles. The zero-order valence-electron chi connectivity index (χ0n) is 15.6. The number of amides is 2. The number of hydroxylamine groups is 2. The van der Waals surface area contributed by atoms with Gasteiger partial charge in [-0.25, -0.2) is 19.6 Å². The number of aliphatic carboxylic acids is 2. The lowest BCUT2D eigenvalue weighted by Crippen LogP contribution is -2.70. The summed E-state index contributed by atoms with van der Waals surface area (Å²) >= 11 is 1.02. The fourth-order valence-electron chi connectivity index (χ4n) is 2.09. The molecule has 0 aromatic carbocycles. The monoisotopic (exact) mass is 429 g/mol. The minimum atomic E-state index is -1.73. The summed E-state index contributed by atoms with van der Waals surface area (Å²) in [6.45, 7) is 3.30. The minimum Gasteiger partial charge on any atom is -0.479 e. The van der Waals surface area contributed by atoms with E-state index in [9.17, 15) is 19.2 Å². The van der Waals surface area contributed by atoms with Crippen LogP contribution in [0.3, 0.4) is 0 Å². The highest BCUT2D eigenvalue weighted by Gasteiger charge is 2.47. The van der Waals surface area contributed by atoms with Gasteiger partial charge in [-0.15, -0.1) is 11.3 Å². The van der Waals surface area contributed by atoms with E-state index in [1.807, 2.05) is 0 Å². The van der Waals surface area contributed by atoms with E-state index < -0.39 is 48.0 Å². The molecule has 1 aromatic heterocycles. The highest BCUT2D eigenvalue weighted by Crippen LogP contribution is 2.21. The highest BCUT2D eigenvalue weighted by atomic mass is 32.1. The molecule has 0 spiro atoms. The van der Waals surface area contributed by atoms with Crippen LogP contribution < -0.4 is 11.1 Å². The van der Waals surface area contributed by atoms with Crippen molar-refractivity contribution in [2.24, 2.45) is 5.16 Å². The topological polar surface area (TPSA) is 194 Å². The summed E-state index contributed by atoms with van der Waals surface area (Å²) in [6, 6.07) is -1.66. The molecule has 2 rings (SSSR count). The number of oxime groups is 1. The summed E-state index contributed by atoms with van der Waals surface area (Å²) in [6.07, 6.45) is 0. The van der Waals surface area contributed by atoms with Gasteiger partial charge in [-0.2, -0.15) is 0 Å². The maximum Gasteiger partial charge on any atom is 0.350 e. The van der Waals surface area contributed by atoms with Gasteiger partial charge in [-0.3, -0.25) is 14.4 Å². The third-order valence-electron chi connectivity index (χ3n) is 3.81. The Kier molecular flexibility index (Phi) is 6.38. The Morgan fingerprint density at radius 2 is 2.07 bits per heavy atom. The molecule has 13 nitrogen and oxygen atoms in total. The van der Waals surface area contributed by atoms with Gasteiger partial charge in [-0.1, -0.05) is 5.16 Å². The van der Waals surface area contributed by atoms with Crippen molar-refractivity contribution < 1.29 is 39.1 Å². The maximum absolute atomic E-state index is 12.7. The lowest BCUT2D eigenvalue weighted by atomic mass is 10.00. The predicted molar refractivity (Wildman–Crippen MR) is 97.7 cm³/mol. The summed E-state index contributed by atoms with van der Waals surface area (Å²) in [5.74, 6) is -4.09. The summed E-state index contributed by atoms with van der Waals surface area (Å²) in [5, 5.41) is 26.1. The Morgan fingerprint density at radius 1 is 1.41 bits per heavy atom. The van der Waals surface area contributed by atoms with Gasteiger partial charge in [0, 0.05) is 5.38 Å². The summed E-state index contributed by atoms with van der Waals surface area (Å²) in [5.41, 5.74) is 3.49. The minimum absolute atomic E-state index is 0.0320. The summed E-state index contributed by atoms with van der Waals surface area (Å²) in [4.78, 5) is 60.2. The number of nitrogens with zero attached hydrogens (tertiary/aromatic N) is 3. The van der Waals surface area contributed by atoms with Crippen LogP contribution in [0.1, 0.15) is 26.5 Å². The fraction of sp³-hybridized carbons (Fsp3) is 0.467. The Balaban J connectivity index is 2.15. The molecule has 158 valence electrons. The van der Waals surface area contributed by atoms with Gasteiger partial charge in [-0.05, 0) is 20.8 Å². The van der Waals surface area contributed by atoms with Crippen LogP contribution in [0.4, 0.5) is 5.13 Å². The quantitative estimate of drug-likeness (QED) is 0.216. The average Bonchev–Trinajstić information content (AvgIpc) is 3.05. The molecule has 0 bridgehead atoms. The van der Waals surface area contributed by atoms with E-state index in [1.54, 1.807) is 0 Å². The highest BCUT2D eigenvalue weighted by molar-refractivity contribution is 7.13. The van der Waals surface area contributed by atoms with Crippen LogP contribution >= 0.6 is 11.3 Å². The van der Waals surface area contributed by atoms with Gasteiger partial charge in [0.05, 0.1) is 6.04 Å². The third kappa shape index (κ3) is 4.97. The molecule has 14 heteroatoms. The third-order valence-corrected chi connectivity index (χ3v) is 4.48. The first-order valence-electron chi connectivity index (χ1n) is 8.13. The van der Waals surface area contributed by atoms with Gasteiger partial charge in [0.25, 0.3) is 11.8 Å². The van der Waals surface area contributed by atoms with Gasteiger partial charge in [0.2, 0.25) is 5.60 Å². The van der Waals surface area contributed by atoms with Crippen LogP contribution in [0.15, 0.2) is 10.5 Å². The second-order valence-electron chi connectivity index (χ2n) is 6.44. The van der Waals surface area contributed by atoms with Gasteiger partial charge < -0.3 is 26.1 Å². The van der Waals surface area contributed by atoms with E-state index in [0.717, 1.165) is 16.4 Å². The molecule has 1 aromatic rings. The number of hydrogen-bond donors (Lipinski definition) is 4. The van der Waals surface area contributed by atoms with Crippen molar-refractivity contribution in [3.63, 3.8) is 0 Å². The first-order valence-corrected chi connectivity index (χ1v) is 9.01. The van der Waals surface area contributed by atoms with Crippen molar-refractivity contribution in [1.29, 1.82) is 0 Å². The van der Waals surface area contributed by atoms with Crippen LogP contribution in [-0.2, 0) is 28.9 Å². The molecule has 5 N–H and O–H groups in total. The van der Waals surface area contributed by atoms with Crippen molar-refractivity contribution in [2.75, 3.05) is 12.3 Å². The van der Waals surface area contributed by atoms with Crippen LogP contribution in [0.5, 0.6) is 0 Å². The largest absolute Gasteiger partial charge is 0.479 e. The van der Waals surface area contributed by atoms with E-state index in [1.165, 1.54) is 26.2 Å². The number of carboxylic acid groups (broad SMARTS) is 2. The molecule has 2 atom stereocenters. The zero-order valence-corrected chi connectivity index (χ0v) is 16.4. The second-order valence-corrected chi connectivity index (χ2v) is 7.33. The number of anilines is 1. The van der Waals surface area contributed by atoms with Crippen molar-refractivity contribution >= 4 is 45.9 Å². The van der Waals surface area contributed by atoms with Gasteiger partial charge in [0.15, 0.2) is 17.5 Å². The molecule has 0 radical (unpaired) electrons. The lowest BCUT2D eigenvalue weighted by Gasteiger charge is -2.43. The Bertz CT molecular complexity index is 867. The van der Waals surface area contributed by atoms with Crippen molar-refractivity contribution in [3.8, 4) is 0 Å². The molecule has 0 saturated carbocycles. The fourth-order valence-corrected chi connectivity index (χ4v) is 2.64. The Morgan fingerprint density at radius 3 is 2.55 bits per heavy atom. The van der Waals surface area contributed by atoms with Crippen molar-refractivity contribution in [3.05, 3.63) is 11.1 Å². The van der Waals surface area contributed by atoms with Crippen LogP contribution in [0.2, 0.25) is 0 Å². The molecular weight excluding hydrogens is 410 g/mol. The molecule has 1 saturated heterocycles. The maximum atomic E-state index is 12.7. The smallest absolute Gasteiger partial charge is 0.350 e. The first-order chi connectivity index (χ1) is 13.4. The summed E-state index contributed by atoms with van der Waals surface area (Å²) in [7, 11) is 0. The van der Waals surface area contributed by atoms with Gasteiger partial charge in [0.1, 0.15) is 11.7 Å². The van der Waals surface area contributed by atoms with E-state index in [2.05, 4.69) is 15.5 Å². The van der Waals surface area contributed by atoms with Gasteiger partial charge >= 0.3 is 11.9 Å². The molecular formula is C15H19N5O8S. The van der Waals surface area contributed by atoms with E-state index in [4.69, 9.17) is 25.6 Å². The number of nitrogen functional groups attached to an aromatic ring is 1. The normalized spacial score (nSPS) is 19.5. The number of aromatic nitrogens is 1. The second kappa shape index (κ2) is 8.40. The number of carbonyl (C=O) groups is 4. The first kappa shape index (κ1) is 22.0. The Hall–Kier alpha value is -3.26. The molecule has 2 heterocycles. The van der Waals surface area contributed by atoms with Crippen LogP contribution in [0.25, 0.3) is 0 Å². The number of nitrogens with two attached hydrogens (primary N) is 1. The number of nitrogens with one attached hydrogen (secondary N) is 1. The molecule has 1 fully saturated rings. The predicted octanol–water partition coefficient (Wildman–Crippen LogP) is -0.959. The number of carbonyl (C=O) groups excluding carboxylic acids is 2. The van der Waals surface area contributed by atoms with E-state index >= 15 is 0 Å². The number of thiazole rings is 1. The molecule has 1 aliphatic rings. The molecule has 0 unspecified atom stereocenters. The number of rotatable bonds is 9. The SMILES string of the molecule is C[C@H]1[C@H](NC(=O)C(=NOC(C)(C)C(=O)O)c2csc(N)n2)C(=O)N1OCC(=O)O. The molecule has 2 amide bonds. The zero-order chi connectivity index (χ0) is 21.9. The lowest BCUT2D eigenvalue weighted by molar-refractivity contribution is -0.233. The number of carboxylic acids is 2. The standard InChI is InChI=1S/C15H19N5O8S/c1-6-9(12(24)20(6)27-4-8(21)22)18-11(23)10(7-5-29-14(16)17-7)19-28-15(2,3)13(25)26/h5-6,9H,4H2,1-3H3,(H2,16,17)(H,18,23)(H,21,22)(H,25,26)/t6-,9-/m0/s1.